The summed E-state index contributed by atoms with van der Waals surface area (Å²) in [5.74, 6) is 0.784. The molecule has 1 aliphatic rings. The van der Waals surface area contributed by atoms with Crippen molar-refractivity contribution in [2.75, 3.05) is 0 Å². The molecule has 0 spiro atoms. The van der Waals surface area contributed by atoms with Crippen molar-refractivity contribution in [2.45, 2.75) is 56.4 Å². The van der Waals surface area contributed by atoms with Crippen LogP contribution in [0.3, 0.4) is 0 Å². The van der Waals surface area contributed by atoms with Crippen LogP contribution < -0.4 is 4.72 Å². The van der Waals surface area contributed by atoms with Crippen LogP contribution in [0.15, 0.2) is 33.6 Å². The minimum atomic E-state index is -3.39. The zero-order valence-electron chi connectivity index (χ0n) is 11.8. The second kappa shape index (κ2) is 7.05. The topological polar surface area (TPSA) is 46.2 Å². The molecule has 0 saturated heterocycles. The van der Waals surface area contributed by atoms with Crippen LogP contribution in [0.25, 0.3) is 0 Å². The molecule has 0 radical (unpaired) electrons. The molecule has 0 aromatic heterocycles. The summed E-state index contributed by atoms with van der Waals surface area (Å²) in [6.07, 6.45) is 6.68. The molecule has 112 valence electrons. The van der Waals surface area contributed by atoms with E-state index < -0.39 is 10.0 Å². The molecule has 0 bridgehead atoms. The van der Waals surface area contributed by atoms with E-state index in [4.69, 9.17) is 0 Å². The fourth-order valence-corrected chi connectivity index (χ4v) is 4.80. The summed E-state index contributed by atoms with van der Waals surface area (Å²) >= 11 is 3.31. The Bertz CT molecular complexity index is 537. The predicted molar refractivity (Wildman–Crippen MR) is 85.1 cm³/mol. The van der Waals surface area contributed by atoms with Gasteiger partial charge in [0.15, 0.2) is 0 Å². The first-order valence-corrected chi connectivity index (χ1v) is 9.57. The standard InChI is InChI=1S/C15H22BrNO2S/c1-2-4-12-7-9-14(10-8-12)17-20(18,19)15-6-3-5-13(16)11-15/h3,5-6,11-12,14,17H,2,4,7-10H2,1H3. The number of benzene rings is 1. The van der Waals surface area contributed by atoms with Crippen molar-refractivity contribution < 1.29 is 8.42 Å². The van der Waals surface area contributed by atoms with Gasteiger partial charge in [-0.05, 0) is 49.8 Å². The van der Waals surface area contributed by atoms with Gasteiger partial charge in [-0.1, -0.05) is 41.8 Å². The number of halogens is 1. The Hall–Kier alpha value is -0.390. The van der Waals surface area contributed by atoms with E-state index in [0.717, 1.165) is 36.1 Å². The van der Waals surface area contributed by atoms with E-state index in [0.29, 0.717) is 4.90 Å². The second-order valence-electron chi connectivity index (χ2n) is 5.58. The molecule has 0 heterocycles. The second-order valence-corrected chi connectivity index (χ2v) is 8.21. The minimum Gasteiger partial charge on any atom is -0.208 e. The molecule has 0 aliphatic heterocycles. The van der Waals surface area contributed by atoms with Gasteiger partial charge in [-0.25, -0.2) is 13.1 Å². The highest BCUT2D eigenvalue weighted by molar-refractivity contribution is 9.10. The van der Waals surface area contributed by atoms with Crippen LogP contribution in [0.1, 0.15) is 45.4 Å². The van der Waals surface area contributed by atoms with Crippen LogP contribution in [0.5, 0.6) is 0 Å². The SMILES string of the molecule is CCCC1CCC(NS(=O)(=O)c2cccc(Br)c2)CC1. The molecule has 0 atom stereocenters. The summed E-state index contributed by atoms with van der Waals surface area (Å²) in [5.41, 5.74) is 0. The number of sulfonamides is 1. The molecule has 1 aromatic rings. The van der Waals surface area contributed by atoms with E-state index in [-0.39, 0.29) is 6.04 Å². The lowest BCUT2D eigenvalue weighted by Crippen LogP contribution is -2.37. The van der Waals surface area contributed by atoms with E-state index in [1.54, 1.807) is 18.2 Å². The van der Waals surface area contributed by atoms with Crippen molar-refractivity contribution in [3.8, 4) is 0 Å². The van der Waals surface area contributed by atoms with Crippen LogP contribution >= 0.6 is 15.9 Å². The summed E-state index contributed by atoms with van der Waals surface area (Å²) < 4.78 is 28.3. The van der Waals surface area contributed by atoms with E-state index in [1.807, 2.05) is 6.07 Å². The molecule has 1 saturated carbocycles. The summed E-state index contributed by atoms with van der Waals surface area (Å²) in [6.45, 7) is 2.21. The average molecular weight is 360 g/mol. The predicted octanol–water partition coefficient (Wildman–Crippen LogP) is 4.09. The summed E-state index contributed by atoms with van der Waals surface area (Å²) in [7, 11) is -3.39. The number of hydrogen-bond donors (Lipinski definition) is 1. The lowest BCUT2D eigenvalue weighted by atomic mass is 9.84. The Balaban J connectivity index is 1.96. The van der Waals surface area contributed by atoms with Gasteiger partial charge >= 0.3 is 0 Å². The highest BCUT2D eigenvalue weighted by Crippen LogP contribution is 2.28. The molecule has 0 unspecified atom stereocenters. The molecule has 1 aliphatic carbocycles. The maximum atomic E-state index is 12.3. The zero-order valence-corrected chi connectivity index (χ0v) is 14.2. The van der Waals surface area contributed by atoms with Crippen molar-refractivity contribution in [3.05, 3.63) is 28.7 Å². The third kappa shape index (κ3) is 4.30. The maximum absolute atomic E-state index is 12.3. The third-order valence-corrected chi connectivity index (χ3v) is 5.98. The smallest absolute Gasteiger partial charge is 0.208 e. The van der Waals surface area contributed by atoms with Crippen LogP contribution in [-0.2, 0) is 10.0 Å². The van der Waals surface area contributed by atoms with Gasteiger partial charge in [0.25, 0.3) is 0 Å². The Morgan fingerprint density at radius 3 is 2.55 bits per heavy atom. The molecule has 3 nitrogen and oxygen atoms in total. The highest BCUT2D eigenvalue weighted by atomic mass is 79.9. The van der Waals surface area contributed by atoms with Gasteiger partial charge in [0.05, 0.1) is 4.90 Å². The van der Waals surface area contributed by atoms with Gasteiger partial charge in [-0.15, -0.1) is 0 Å². The molecule has 1 aromatic carbocycles. The van der Waals surface area contributed by atoms with Crippen LogP contribution in [0.4, 0.5) is 0 Å². The molecule has 20 heavy (non-hydrogen) atoms. The van der Waals surface area contributed by atoms with Crippen molar-refractivity contribution in [2.24, 2.45) is 5.92 Å². The Morgan fingerprint density at radius 1 is 1.25 bits per heavy atom. The number of nitrogens with one attached hydrogen (secondary N) is 1. The van der Waals surface area contributed by atoms with Gasteiger partial charge in [-0.2, -0.15) is 0 Å². The van der Waals surface area contributed by atoms with Gasteiger partial charge in [0, 0.05) is 10.5 Å². The molecule has 5 heteroatoms. The summed E-state index contributed by atoms with van der Waals surface area (Å²) in [6, 6.07) is 6.94. The zero-order chi connectivity index (χ0) is 14.6. The van der Waals surface area contributed by atoms with Crippen LogP contribution in [0.2, 0.25) is 0 Å². The fourth-order valence-electron chi connectivity index (χ4n) is 2.90. The Kier molecular flexibility index (Phi) is 5.64. The lowest BCUT2D eigenvalue weighted by molar-refractivity contribution is 0.297. The Morgan fingerprint density at radius 2 is 1.95 bits per heavy atom. The van der Waals surface area contributed by atoms with Crippen LogP contribution in [-0.4, -0.2) is 14.5 Å². The van der Waals surface area contributed by atoms with Crippen LogP contribution in [0, 0.1) is 5.92 Å². The molecule has 1 fully saturated rings. The molecule has 0 amide bonds. The molecule has 1 N–H and O–H groups in total. The number of rotatable bonds is 5. The normalized spacial score (nSPS) is 23.7. The summed E-state index contributed by atoms with van der Waals surface area (Å²) in [4.78, 5) is 0.336. The molecule has 2 rings (SSSR count). The van der Waals surface area contributed by atoms with E-state index in [1.165, 1.54) is 12.8 Å². The largest absolute Gasteiger partial charge is 0.240 e. The molecular formula is C15H22BrNO2S. The van der Waals surface area contributed by atoms with Gasteiger partial charge < -0.3 is 0 Å². The van der Waals surface area contributed by atoms with E-state index >= 15 is 0 Å². The van der Waals surface area contributed by atoms with Crippen molar-refractivity contribution in [1.29, 1.82) is 0 Å². The van der Waals surface area contributed by atoms with E-state index in [9.17, 15) is 8.42 Å². The quantitative estimate of drug-likeness (QED) is 0.860. The first-order valence-electron chi connectivity index (χ1n) is 7.29. The Labute approximate surface area is 130 Å². The average Bonchev–Trinajstić information content (AvgIpc) is 2.41. The van der Waals surface area contributed by atoms with Gasteiger partial charge in [0.2, 0.25) is 10.0 Å². The maximum Gasteiger partial charge on any atom is 0.240 e. The highest BCUT2D eigenvalue weighted by Gasteiger charge is 2.25. The van der Waals surface area contributed by atoms with Crippen molar-refractivity contribution in [3.63, 3.8) is 0 Å². The first-order chi connectivity index (χ1) is 9.51. The third-order valence-electron chi connectivity index (χ3n) is 3.97. The van der Waals surface area contributed by atoms with Gasteiger partial charge in [0.1, 0.15) is 0 Å². The summed E-state index contributed by atoms with van der Waals surface area (Å²) in [5, 5.41) is 0. The van der Waals surface area contributed by atoms with Gasteiger partial charge in [-0.3, -0.25) is 0 Å². The van der Waals surface area contributed by atoms with Crippen molar-refractivity contribution in [1.82, 2.24) is 4.72 Å². The fraction of sp³-hybridized carbons (Fsp3) is 0.600. The monoisotopic (exact) mass is 359 g/mol. The first kappa shape index (κ1) is 16.0. The minimum absolute atomic E-state index is 0.0899. The number of hydrogen-bond acceptors (Lipinski definition) is 2. The molecular weight excluding hydrogens is 338 g/mol. The van der Waals surface area contributed by atoms with E-state index in [2.05, 4.69) is 27.6 Å². The van der Waals surface area contributed by atoms with Crippen molar-refractivity contribution >= 4 is 26.0 Å². The lowest BCUT2D eigenvalue weighted by Gasteiger charge is -2.28.